The number of rotatable bonds is 6. The zero-order chi connectivity index (χ0) is 13.8. The minimum atomic E-state index is -0.285. The van der Waals surface area contributed by atoms with E-state index in [0.717, 1.165) is 5.69 Å². The predicted octanol–water partition coefficient (Wildman–Crippen LogP) is 1.93. The average molecular weight is 251 g/mol. The fraction of sp³-hybridized carbons (Fsp3) is 0.643. The van der Waals surface area contributed by atoms with Crippen molar-refractivity contribution in [3.63, 3.8) is 0 Å². The van der Waals surface area contributed by atoms with Crippen LogP contribution in [0.4, 0.5) is 0 Å². The smallest absolute Gasteiger partial charge is 0.220 e. The Balaban J connectivity index is 2.39. The van der Waals surface area contributed by atoms with Gasteiger partial charge in [0.2, 0.25) is 5.91 Å². The molecule has 1 aromatic rings. The van der Waals surface area contributed by atoms with Crippen LogP contribution in [0.15, 0.2) is 18.3 Å². The molecule has 1 heterocycles. The number of nitrogens with two attached hydrogens (primary N) is 1. The third kappa shape index (κ3) is 4.92. The summed E-state index contributed by atoms with van der Waals surface area (Å²) in [5.74, 6) is 0.0631. The molecule has 1 rings (SSSR count). The topological polar surface area (TPSA) is 70.9 Å². The number of amides is 1. The van der Waals surface area contributed by atoms with E-state index in [0.29, 0.717) is 19.4 Å². The van der Waals surface area contributed by atoms with E-state index >= 15 is 0 Å². The van der Waals surface area contributed by atoms with Crippen LogP contribution in [0.1, 0.15) is 46.2 Å². The number of H-pyrrole nitrogens is 1. The normalized spacial score (nSPS) is 12.5. The maximum atomic E-state index is 11.7. The number of aromatic nitrogens is 1. The molecule has 1 aromatic heterocycles. The standard InChI is InChI=1S/C14H25N3O/c1-13(2,11-6-5-9-16-11)10-17-12(18)7-8-14(3,4)15/h5-6,9,16H,7-8,10,15H2,1-4H3,(H,17,18). The van der Waals surface area contributed by atoms with Gasteiger partial charge in [-0.15, -0.1) is 0 Å². The molecule has 4 nitrogen and oxygen atoms in total. The van der Waals surface area contributed by atoms with Crippen LogP contribution < -0.4 is 11.1 Å². The van der Waals surface area contributed by atoms with Crippen molar-refractivity contribution in [1.29, 1.82) is 0 Å². The van der Waals surface area contributed by atoms with Crippen LogP contribution >= 0.6 is 0 Å². The minimum Gasteiger partial charge on any atom is -0.364 e. The van der Waals surface area contributed by atoms with Gasteiger partial charge in [0.05, 0.1) is 0 Å². The highest BCUT2D eigenvalue weighted by atomic mass is 16.1. The first-order valence-electron chi connectivity index (χ1n) is 6.40. The van der Waals surface area contributed by atoms with E-state index in [1.807, 2.05) is 32.2 Å². The van der Waals surface area contributed by atoms with Gasteiger partial charge in [0, 0.05) is 35.8 Å². The Morgan fingerprint density at radius 1 is 1.39 bits per heavy atom. The van der Waals surface area contributed by atoms with Crippen molar-refractivity contribution in [2.24, 2.45) is 5.73 Å². The molecule has 4 N–H and O–H groups in total. The fourth-order valence-corrected chi connectivity index (χ4v) is 1.69. The average Bonchev–Trinajstić information content (AvgIpc) is 2.76. The molecule has 0 aliphatic heterocycles. The van der Waals surface area contributed by atoms with E-state index in [2.05, 4.69) is 24.1 Å². The molecule has 0 aromatic carbocycles. The number of aromatic amines is 1. The summed E-state index contributed by atoms with van der Waals surface area (Å²) in [6.45, 7) is 8.70. The summed E-state index contributed by atoms with van der Waals surface area (Å²) in [6, 6.07) is 4.00. The maximum absolute atomic E-state index is 11.7. The van der Waals surface area contributed by atoms with Crippen LogP contribution in [0.5, 0.6) is 0 Å². The van der Waals surface area contributed by atoms with Gasteiger partial charge in [-0.3, -0.25) is 4.79 Å². The Morgan fingerprint density at radius 2 is 2.06 bits per heavy atom. The van der Waals surface area contributed by atoms with E-state index in [1.165, 1.54) is 0 Å². The first-order chi connectivity index (χ1) is 8.21. The number of carbonyl (C=O) groups excluding carboxylic acids is 1. The molecule has 0 unspecified atom stereocenters. The molecule has 0 spiro atoms. The minimum absolute atomic E-state index is 0.0631. The second-order valence-corrected chi connectivity index (χ2v) is 6.23. The van der Waals surface area contributed by atoms with Crippen LogP contribution in [0.25, 0.3) is 0 Å². The summed E-state index contributed by atoms with van der Waals surface area (Å²) >= 11 is 0. The van der Waals surface area contributed by atoms with Gasteiger partial charge in [-0.2, -0.15) is 0 Å². The number of hydrogen-bond donors (Lipinski definition) is 3. The molecule has 0 aliphatic rings. The molecule has 0 aliphatic carbocycles. The van der Waals surface area contributed by atoms with E-state index in [9.17, 15) is 4.79 Å². The molecular weight excluding hydrogens is 226 g/mol. The van der Waals surface area contributed by atoms with E-state index in [-0.39, 0.29) is 16.9 Å². The van der Waals surface area contributed by atoms with Gasteiger partial charge in [-0.1, -0.05) is 13.8 Å². The Morgan fingerprint density at radius 3 is 2.56 bits per heavy atom. The van der Waals surface area contributed by atoms with Crippen LogP contribution in [0.2, 0.25) is 0 Å². The van der Waals surface area contributed by atoms with Gasteiger partial charge in [0.25, 0.3) is 0 Å². The molecule has 102 valence electrons. The summed E-state index contributed by atoms with van der Waals surface area (Å²) in [5, 5.41) is 2.97. The maximum Gasteiger partial charge on any atom is 0.220 e. The van der Waals surface area contributed by atoms with Crippen LogP contribution in [0, 0.1) is 0 Å². The molecule has 18 heavy (non-hydrogen) atoms. The first kappa shape index (κ1) is 14.8. The van der Waals surface area contributed by atoms with Crippen LogP contribution in [0.3, 0.4) is 0 Å². The predicted molar refractivity (Wildman–Crippen MR) is 74.3 cm³/mol. The van der Waals surface area contributed by atoms with Gasteiger partial charge < -0.3 is 16.0 Å². The lowest BCUT2D eigenvalue weighted by molar-refractivity contribution is -0.121. The van der Waals surface area contributed by atoms with Gasteiger partial charge >= 0.3 is 0 Å². The van der Waals surface area contributed by atoms with Crippen LogP contribution in [-0.4, -0.2) is 23.0 Å². The van der Waals surface area contributed by atoms with Gasteiger partial charge in [0.15, 0.2) is 0 Å². The SMILES string of the molecule is CC(C)(N)CCC(=O)NCC(C)(C)c1ccc[nH]1. The summed E-state index contributed by atoms with van der Waals surface area (Å²) in [7, 11) is 0. The zero-order valence-corrected chi connectivity index (χ0v) is 11.8. The van der Waals surface area contributed by atoms with Crippen molar-refractivity contribution in [1.82, 2.24) is 10.3 Å². The highest BCUT2D eigenvalue weighted by molar-refractivity contribution is 5.76. The molecule has 1 amide bonds. The molecule has 0 saturated carbocycles. The van der Waals surface area contributed by atoms with E-state index in [4.69, 9.17) is 5.73 Å². The number of nitrogens with one attached hydrogen (secondary N) is 2. The van der Waals surface area contributed by atoms with E-state index in [1.54, 1.807) is 0 Å². The monoisotopic (exact) mass is 251 g/mol. The van der Waals surface area contributed by atoms with Crippen LogP contribution in [-0.2, 0) is 10.2 Å². The quantitative estimate of drug-likeness (QED) is 0.723. The van der Waals surface area contributed by atoms with Gasteiger partial charge in [0.1, 0.15) is 0 Å². The molecule has 4 heteroatoms. The fourth-order valence-electron chi connectivity index (χ4n) is 1.69. The van der Waals surface area contributed by atoms with Gasteiger partial charge in [-0.25, -0.2) is 0 Å². The summed E-state index contributed by atoms with van der Waals surface area (Å²) in [4.78, 5) is 14.9. The summed E-state index contributed by atoms with van der Waals surface area (Å²) in [6.07, 6.45) is 3.07. The highest BCUT2D eigenvalue weighted by Crippen LogP contribution is 2.20. The third-order valence-corrected chi connectivity index (χ3v) is 3.05. The lowest BCUT2D eigenvalue weighted by Crippen LogP contribution is -2.39. The van der Waals surface area contributed by atoms with Crippen molar-refractivity contribution >= 4 is 5.91 Å². The molecule has 0 bridgehead atoms. The lowest BCUT2D eigenvalue weighted by atomic mass is 9.89. The van der Waals surface area contributed by atoms with E-state index < -0.39 is 0 Å². The van der Waals surface area contributed by atoms with Crippen molar-refractivity contribution in [2.75, 3.05) is 6.54 Å². The largest absolute Gasteiger partial charge is 0.364 e. The van der Waals surface area contributed by atoms with Crippen molar-refractivity contribution in [3.8, 4) is 0 Å². The third-order valence-electron chi connectivity index (χ3n) is 3.05. The Hall–Kier alpha value is -1.29. The highest BCUT2D eigenvalue weighted by Gasteiger charge is 2.22. The van der Waals surface area contributed by atoms with Crippen molar-refractivity contribution in [2.45, 2.75) is 51.5 Å². The molecule has 0 radical (unpaired) electrons. The molecule has 0 saturated heterocycles. The molecular formula is C14H25N3O. The summed E-state index contributed by atoms with van der Waals surface area (Å²) < 4.78 is 0. The Labute approximate surface area is 109 Å². The zero-order valence-electron chi connectivity index (χ0n) is 11.8. The molecule has 0 fully saturated rings. The second-order valence-electron chi connectivity index (χ2n) is 6.23. The Kier molecular flexibility index (Phi) is 4.57. The lowest BCUT2D eigenvalue weighted by Gasteiger charge is -2.24. The van der Waals surface area contributed by atoms with Gasteiger partial charge in [-0.05, 0) is 32.4 Å². The van der Waals surface area contributed by atoms with Crippen molar-refractivity contribution < 1.29 is 4.79 Å². The number of hydrogen-bond acceptors (Lipinski definition) is 2. The second kappa shape index (κ2) is 5.57. The number of carbonyl (C=O) groups is 1. The first-order valence-corrected chi connectivity index (χ1v) is 6.40. The molecule has 0 atom stereocenters. The van der Waals surface area contributed by atoms with Crippen molar-refractivity contribution in [3.05, 3.63) is 24.0 Å². The Bertz CT molecular complexity index is 374. The summed E-state index contributed by atoms with van der Waals surface area (Å²) in [5.41, 5.74) is 6.61.